The van der Waals surface area contributed by atoms with Gasteiger partial charge in [-0.1, -0.05) is 6.07 Å². The van der Waals surface area contributed by atoms with Gasteiger partial charge in [0.05, 0.1) is 0 Å². The summed E-state index contributed by atoms with van der Waals surface area (Å²) >= 11 is 0. The van der Waals surface area contributed by atoms with Crippen LogP contribution in [0.1, 0.15) is 12.2 Å². The average Bonchev–Trinajstić information content (AvgIpc) is 2.46. The lowest BCUT2D eigenvalue weighted by Crippen LogP contribution is -1.88. The van der Waals surface area contributed by atoms with Crippen molar-refractivity contribution in [3.8, 4) is 0 Å². The maximum Gasteiger partial charge on any atom is 0.299 e. The molecule has 0 aliphatic heterocycles. The van der Waals surface area contributed by atoms with E-state index in [0.717, 1.165) is 0 Å². The maximum absolute atomic E-state index is 12.1. The summed E-state index contributed by atoms with van der Waals surface area (Å²) in [6, 6.07) is 5.05. The van der Waals surface area contributed by atoms with Crippen LogP contribution in [0.4, 0.5) is 8.78 Å². The summed E-state index contributed by atoms with van der Waals surface area (Å²) in [5.41, 5.74) is 0.438. The van der Waals surface area contributed by atoms with E-state index >= 15 is 0 Å². The number of alkyl halides is 2. The molecule has 0 N–H and O–H groups in total. The van der Waals surface area contributed by atoms with E-state index in [9.17, 15) is 8.78 Å². The SMILES string of the molecule is FC(F)c1nc2ccccn2n1. The van der Waals surface area contributed by atoms with E-state index < -0.39 is 12.2 Å². The van der Waals surface area contributed by atoms with Crippen molar-refractivity contribution >= 4 is 5.65 Å². The summed E-state index contributed by atoms with van der Waals surface area (Å²) in [7, 11) is 0. The monoisotopic (exact) mass is 169 g/mol. The molecular formula is C7H5F2N3. The predicted molar refractivity (Wildman–Crippen MR) is 37.9 cm³/mol. The molecule has 0 aliphatic rings. The van der Waals surface area contributed by atoms with Crippen molar-refractivity contribution in [3.05, 3.63) is 30.2 Å². The highest BCUT2D eigenvalue weighted by atomic mass is 19.3. The van der Waals surface area contributed by atoms with Gasteiger partial charge in [-0.05, 0) is 12.1 Å². The number of aromatic nitrogens is 3. The van der Waals surface area contributed by atoms with Gasteiger partial charge in [-0.2, -0.15) is 0 Å². The van der Waals surface area contributed by atoms with Crippen LogP contribution in [0, 0.1) is 0 Å². The van der Waals surface area contributed by atoms with E-state index in [1.807, 2.05) is 0 Å². The van der Waals surface area contributed by atoms with Crippen LogP contribution in [0.15, 0.2) is 24.4 Å². The van der Waals surface area contributed by atoms with Gasteiger partial charge >= 0.3 is 0 Å². The number of nitrogens with zero attached hydrogens (tertiary/aromatic N) is 3. The van der Waals surface area contributed by atoms with Gasteiger partial charge in [0.2, 0.25) is 5.82 Å². The van der Waals surface area contributed by atoms with E-state index in [1.165, 1.54) is 4.52 Å². The Labute approximate surface area is 66.7 Å². The maximum atomic E-state index is 12.1. The van der Waals surface area contributed by atoms with Gasteiger partial charge in [-0.25, -0.2) is 18.3 Å². The minimum absolute atomic E-state index is 0.429. The molecule has 2 aromatic heterocycles. The molecule has 62 valence electrons. The molecule has 0 bridgehead atoms. The van der Waals surface area contributed by atoms with Crippen molar-refractivity contribution < 1.29 is 8.78 Å². The third-order valence-corrected chi connectivity index (χ3v) is 1.45. The zero-order valence-electron chi connectivity index (χ0n) is 5.98. The van der Waals surface area contributed by atoms with Crippen molar-refractivity contribution in [2.45, 2.75) is 6.43 Å². The first-order valence-electron chi connectivity index (χ1n) is 3.37. The van der Waals surface area contributed by atoms with Crippen LogP contribution in [0.25, 0.3) is 5.65 Å². The van der Waals surface area contributed by atoms with Crippen LogP contribution in [0.3, 0.4) is 0 Å². The average molecular weight is 169 g/mol. The lowest BCUT2D eigenvalue weighted by atomic mass is 10.5. The first-order valence-corrected chi connectivity index (χ1v) is 3.37. The molecule has 2 rings (SSSR count). The highest BCUT2D eigenvalue weighted by Crippen LogP contribution is 2.14. The number of halogens is 2. The minimum Gasteiger partial charge on any atom is -0.221 e. The Bertz CT molecular complexity index is 363. The van der Waals surface area contributed by atoms with Crippen LogP contribution in [0.5, 0.6) is 0 Å². The van der Waals surface area contributed by atoms with Gasteiger partial charge in [0.15, 0.2) is 5.65 Å². The second kappa shape index (κ2) is 2.51. The number of pyridine rings is 1. The zero-order chi connectivity index (χ0) is 8.55. The van der Waals surface area contributed by atoms with Gasteiger partial charge in [0, 0.05) is 6.20 Å². The molecule has 0 aromatic carbocycles. The quantitative estimate of drug-likeness (QED) is 0.649. The lowest BCUT2D eigenvalue weighted by molar-refractivity contribution is 0.140. The van der Waals surface area contributed by atoms with Gasteiger partial charge in [0.25, 0.3) is 6.43 Å². The molecular weight excluding hydrogens is 164 g/mol. The Morgan fingerprint density at radius 2 is 2.17 bits per heavy atom. The van der Waals surface area contributed by atoms with Gasteiger partial charge in [0.1, 0.15) is 0 Å². The fourth-order valence-electron chi connectivity index (χ4n) is 0.941. The van der Waals surface area contributed by atoms with Crippen molar-refractivity contribution in [1.82, 2.24) is 14.6 Å². The second-order valence-corrected chi connectivity index (χ2v) is 2.27. The molecule has 2 aromatic rings. The lowest BCUT2D eigenvalue weighted by Gasteiger charge is -1.86. The van der Waals surface area contributed by atoms with Crippen LogP contribution in [-0.2, 0) is 0 Å². The number of hydrogen-bond acceptors (Lipinski definition) is 2. The standard InChI is InChI=1S/C7H5F2N3/c8-6(9)7-10-5-3-1-2-4-12(5)11-7/h1-4,6H. The van der Waals surface area contributed by atoms with Crippen LogP contribution in [-0.4, -0.2) is 14.6 Å². The Hall–Kier alpha value is -1.52. The predicted octanol–water partition coefficient (Wildman–Crippen LogP) is 1.67. The fraction of sp³-hybridized carbons (Fsp3) is 0.143. The Morgan fingerprint density at radius 3 is 2.83 bits per heavy atom. The molecule has 0 saturated heterocycles. The van der Waals surface area contributed by atoms with Crippen LogP contribution in [0.2, 0.25) is 0 Å². The second-order valence-electron chi connectivity index (χ2n) is 2.27. The summed E-state index contributed by atoms with van der Waals surface area (Å²) in [6.07, 6.45) is -1.03. The molecule has 0 saturated carbocycles. The highest BCUT2D eigenvalue weighted by molar-refractivity contribution is 5.36. The smallest absolute Gasteiger partial charge is 0.221 e. The van der Waals surface area contributed by atoms with Crippen molar-refractivity contribution in [1.29, 1.82) is 0 Å². The molecule has 12 heavy (non-hydrogen) atoms. The van der Waals surface area contributed by atoms with Gasteiger partial charge in [-0.15, -0.1) is 5.10 Å². The third-order valence-electron chi connectivity index (χ3n) is 1.45. The molecule has 5 heteroatoms. The van der Waals surface area contributed by atoms with E-state index in [0.29, 0.717) is 5.65 Å². The molecule has 0 radical (unpaired) electrons. The summed E-state index contributed by atoms with van der Waals surface area (Å²) < 4.78 is 25.5. The Balaban J connectivity index is 2.62. The summed E-state index contributed by atoms with van der Waals surface area (Å²) in [6.45, 7) is 0. The molecule has 3 nitrogen and oxygen atoms in total. The van der Waals surface area contributed by atoms with E-state index in [4.69, 9.17) is 0 Å². The van der Waals surface area contributed by atoms with E-state index in [2.05, 4.69) is 10.1 Å². The molecule has 0 spiro atoms. The van der Waals surface area contributed by atoms with Crippen molar-refractivity contribution in [2.24, 2.45) is 0 Å². The minimum atomic E-state index is -2.61. The van der Waals surface area contributed by atoms with E-state index in [-0.39, 0.29) is 0 Å². The van der Waals surface area contributed by atoms with Crippen LogP contribution >= 0.6 is 0 Å². The normalized spacial score (nSPS) is 11.2. The van der Waals surface area contributed by atoms with Gasteiger partial charge < -0.3 is 0 Å². The van der Waals surface area contributed by atoms with E-state index in [1.54, 1.807) is 24.4 Å². The van der Waals surface area contributed by atoms with Crippen LogP contribution < -0.4 is 0 Å². The van der Waals surface area contributed by atoms with Gasteiger partial charge in [-0.3, -0.25) is 0 Å². The summed E-state index contributed by atoms with van der Waals surface area (Å²) in [5, 5.41) is 3.57. The summed E-state index contributed by atoms with van der Waals surface area (Å²) in [5.74, 6) is -0.429. The number of hydrogen-bond donors (Lipinski definition) is 0. The first-order chi connectivity index (χ1) is 5.77. The largest absolute Gasteiger partial charge is 0.299 e. The Morgan fingerprint density at radius 1 is 1.33 bits per heavy atom. The molecule has 0 atom stereocenters. The van der Waals surface area contributed by atoms with Crippen molar-refractivity contribution in [3.63, 3.8) is 0 Å². The summed E-state index contributed by atoms with van der Waals surface area (Å²) in [4.78, 5) is 3.61. The molecule has 2 heterocycles. The zero-order valence-corrected chi connectivity index (χ0v) is 5.98. The fourth-order valence-corrected chi connectivity index (χ4v) is 0.941. The Kier molecular flexibility index (Phi) is 1.49. The number of fused-ring (bicyclic) bond motifs is 1. The molecule has 0 fully saturated rings. The molecule has 0 aliphatic carbocycles. The number of rotatable bonds is 1. The first kappa shape index (κ1) is 7.15. The molecule has 0 amide bonds. The highest BCUT2D eigenvalue weighted by Gasteiger charge is 2.12. The topological polar surface area (TPSA) is 30.2 Å². The third kappa shape index (κ3) is 1.03. The van der Waals surface area contributed by atoms with Crippen molar-refractivity contribution in [2.75, 3.05) is 0 Å². The molecule has 0 unspecified atom stereocenters.